The molecule has 2 heterocycles. The topological polar surface area (TPSA) is 19.6 Å². The molecule has 3 nitrogen and oxygen atoms in total. The average Bonchev–Trinajstić information content (AvgIpc) is 3.01. The van der Waals surface area contributed by atoms with E-state index in [0.29, 0.717) is 0 Å². The molecule has 0 radical (unpaired) electrons. The molecule has 0 bridgehead atoms. The van der Waals surface area contributed by atoms with Crippen LogP contribution in [0.15, 0.2) is 65.4 Å². The van der Waals surface area contributed by atoms with Gasteiger partial charge >= 0.3 is 0 Å². The first kappa shape index (κ1) is 11.6. The van der Waals surface area contributed by atoms with Crippen LogP contribution in [0.25, 0.3) is 0 Å². The number of rotatable bonds is 3. The van der Waals surface area contributed by atoms with E-state index in [1.165, 1.54) is 5.56 Å². The molecule has 1 aliphatic heterocycles. The van der Waals surface area contributed by atoms with Crippen LogP contribution in [-0.2, 0) is 6.54 Å². The summed E-state index contributed by atoms with van der Waals surface area (Å²) in [5, 5.41) is 4.32. The monoisotopic (exact) mass is 352 g/mol. The first-order chi connectivity index (χ1) is 8.84. The summed E-state index contributed by atoms with van der Waals surface area (Å²) in [5.41, 5.74) is 1.28. The van der Waals surface area contributed by atoms with E-state index in [4.69, 9.17) is 4.42 Å². The minimum Gasteiger partial charge on any atom is -0.447 e. The van der Waals surface area contributed by atoms with E-state index in [9.17, 15) is 0 Å². The van der Waals surface area contributed by atoms with E-state index in [1.807, 2.05) is 18.2 Å². The van der Waals surface area contributed by atoms with Crippen LogP contribution in [0.3, 0.4) is 0 Å². The molecule has 0 fully saturated rings. The Labute approximate surface area is 120 Å². The number of benzene rings is 1. The lowest BCUT2D eigenvalue weighted by Gasteiger charge is -2.31. The van der Waals surface area contributed by atoms with Crippen molar-refractivity contribution < 1.29 is 4.42 Å². The van der Waals surface area contributed by atoms with Gasteiger partial charge in [0.25, 0.3) is 0 Å². The summed E-state index contributed by atoms with van der Waals surface area (Å²) >= 11 is 2.39. The highest BCUT2D eigenvalue weighted by molar-refractivity contribution is 14.1. The van der Waals surface area contributed by atoms with Crippen LogP contribution in [0.5, 0.6) is 0 Å². The third kappa shape index (κ3) is 2.25. The fourth-order valence-electron chi connectivity index (χ4n) is 2.01. The highest BCUT2D eigenvalue weighted by atomic mass is 127. The van der Waals surface area contributed by atoms with Crippen LogP contribution in [0.2, 0.25) is 0 Å². The van der Waals surface area contributed by atoms with Crippen LogP contribution in [0.1, 0.15) is 5.56 Å². The van der Waals surface area contributed by atoms with Crippen LogP contribution < -0.4 is 5.01 Å². The van der Waals surface area contributed by atoms with Gasteiger partial charge in [0, 0.05) is 12.3 Å². The third-order valence-electron chi connectivity index (χ3n) is 2.85. The number of hydrogen-bond acceptors (Lipinski definition) is 3. The van der Waals surface area contributed by atoms with Gasteiger partial charge in [-0.25, -0.2) is 5.01 Å². The van der Waals surface area contributed by atoms with E-state index in [2.05, 4.69) is 69.2 Å². The van der Waals surface area contributed by atoms with Gasteiger partial charge in [-0.05, 0) is 17.7 Å². The number of nitrogens with zero attached hydrogens (tertiary/aromatic N) is 2. The molecule has 0 saturated carbocycles. The van der Waals surface area contributed by atoms with Gasteiger partial charge in [-0.3, -0.25) is 5.01 Å². The van der Waals surface area contributed by atoms with Crippen molar-refractivity contribution in [3.8, 4) is 0 Å². The molecule has 1 aromatic heterocycles. The first-order valence-corrected chi connectivity index (χ1v) is 7.05. The molecule has 2 aromatic rings. The second-order valence-electron chi connectivity index (χ2n) is 4.09. The SMILES string of the molecule is IC1C=CN(Cc2ccccc2)N1c1ccco1. The summed E-state index contributed by atoms with van der Waals surface area (Å²) in [7, 11) is 0. The summed E-state index contributed by atoms with van der Waals surface area (Å²) in [6, 6.07) is 14.3. The molecule has 3 rings (SSSR count). The van der Waals surface area contributed by atoms with Gasteiger partial charge in [0.1, 0.15) is 4.05 Å². The van der Waals surface area contributed by atoms with Crippen molar-refractivity contribution in [2.75, 3.05) is 5.01 Å². The summed E-state index contributed by atoms with van der Waals surface area (Å²) in [6.07, 6.45) is 5.97. The number of halogens is 1. The highest BCUT2D eigenvalue weighted by Gasteiger charge is 2.26. The molecule has 0 amide bonds. The number of hydrogen-bond donors (Lipinski definition) is 0. The molecule has 92 valence electrons. The van der Waals surface area contributed by atoms with Crippen LogP contribution in [0.4, 0.5) is 5.88 Å². The van der Waals surface area contributed by atoms with Gasteiger partial charge in [0.15, 0.2) is 0 Å². The van der Waals surface area contributed by atoms with Crippen molar-refractivity contribution in [2.45, 2.75) is 10.6 Å². The largest absolute Gasteiger partial charge is 0.447 e. The van der Waals surface area contributed by atoms with Gasteiger partial charge in [-0.1, -0.05) is 52.9 Å². The van der Waals surface area contributed by atoms with E-state index in [-0.39, 0.29) is 4.05 Å². The van der Waals surface area contributed by atoms with Crippen LogP contribution in [0, 0.1) is 0 Å². The molecule has 0 spiro atoms. The van der Waals surface area contributed by atoms with Gasteiger partial charge in [-0.2, -0.15) is 0 Å². The summed E-state index contributed by atoms with van der Waals surface area (Å²) in [6.45, 7) is 0.845. The van der Waals surface area contributed by atoms with Crippen molar-refractivity contribution in [3.05, 3.63) is 66.6 Å². The van der Waals surface area contributed by atoms with Gasteiger partial charge in [-0.15, -0.1) is 0 Å². The zero-order valence-corrected chi connectivity index (χ0v) is 11.9. The molecule has 4 heteroatoms. The van der Waals surface area contributed by atoms with Crippen molar-refractivity contribution in [2.24, 2.45) is 0 Å². The Balaban J connectivity index is 1.81. The lowest BCUT2D eigenvalue weighted by atomic mass is 10.2. The van der Waals surface area contributed by atoms with E-state index >= 15 is 0 Å². The number of anilines is 1. The van der Waals surface area contributed by atoms with Crippen molar-refractivity contribution >= 4 is 28.5 Å². The Morgan fingerprint density at radius 2 is 1.94 bits per heavy atom. The van der Waals surface area contributed by atoms with Crippen molar-refractivity contribution in [1.82, 2.24) is 5.01 Å². The normalized spacial score (nSPS) is 18.6. The van der Waals surface area contributed by atoms with Crippen LogP contribution in [-0.4, -0.2) is 9.06 Å². The minimum atomic E-state index is 0.289. The summed E-state index contributed by atoms with van der Waals surface area (Å²) in [4.78, 5) is 0. The molecule has 0 saturated heterocycles. The summed E-state index contributed by atoms with van der Waals surface area (Å²) in [5.74, 6) is 0.871. The molecule has 0 N–H and O–H groups in total. The molecule has 1 atom stereocenters. The zero-order valence-electron chi connectivity index (χ0n) is 9.74. The maximum Gasteiger partial charge on any atom is 0.215 e. The fourth-order valence-corrected chi connectivity index (χ4v) is 2.79. The van der Waals surface area contributed by atoms with E-state index < -0.39 is 0 Å². The molecular formula is C14H13IN2O. The standard InChI is InChI=1S/C14H13IN2O/c15-13-8-9-16(11-12-5-2-1-3-6-12)17(13)14-7-4-10-18-14/h1-10,13H,11H2. The Morgan fingerprint density at radius 1 is 1.11 bits per heavy atom. The van der Waals surface area contributed by atoms with Crippen LogP contribution >= 0.6 is 22.6 Å². The predicted octanol–water partition coefficient (Wildman–Crippen LogP) is 3.79. The lowest BCUT2D eigenvalue weighted by Crippen LogP contribution is -2.37. The molecule has 1 aliphatic rings. The van der Waals surface area contributed by atoms with E-state index in [1.54, 1.807) is 6.26 Å². The van der Waals surface area contributed by atoms with E-state index in [0.717, 1.165) is 12.4 Å². The molecule has 18 heavy (non-hydrogen) atoms. The Hall–Kier alpha value is -1.43. The lowest BCUT2D eigenvalue weighted by molar-refractivity contribution is 0.338. The smallest absolute Gasteiger partial charge is 0.215 e. The maximum atomic E-state index is 5.50. The minimum absolute atomic E-state index is 0.289. The van der Waals surface area contributed by atoms with Gasteiger partial charge in [0.2, 0.25) is 5.88 Å². The fraction of sp³-hybridized carbons (Fsp3) is 0.143. The molecule has 0 aliphatic carbocycles. The second kappa shape index (κ2) is 5.06. The average molecular weight is 352 g/mol. The third-order valence-corrected chi connectivity index (χ3v) is 3.79. The molecular weight excluding hydrogens is 339 g/mol. The second-order valence-corrected chi connectivity index (χ2v) is 5.37. The highest BCUT2D eigenvalue weighted by Crippen LogP contribution is 2.29. The predicted molar refractivity (Wildman–Crippen MR) is 80.1 cm³/mol. The Morgan fingerprint density at radius 3 is 2.67 bits per heavy atom. The number of hydrazine groups is 1. The Kier molecular flexibility index (Phi) is 3.27. The first-order valence-electron chi connectivity index (χ1n) is 5.80. The zero-order chi connectivity index (χ0) is 12.4. The molecule has 1 aromatic carbocycles. The Bertz CT molecular complexity index is 524. The quantitative estimate of drug-likeness (QED) is 0.476. The van der Waals surface area contributed by atoms with Gasteiger partial charge in [0.05, 0.1) is 12.8 Å². The summed E-state index contributed by atoms with van der Waals surface area (Å²) < 4.78 is 5.78. The molecule has 1 unspecified atom stereocenters. The number of alkyl halides is 1. The number of furan rings is 1. The maximum absolute atomic E-state index is 5.50. The van der Waals surface area contributed by atoms with Crippen molar-refractivity contribution in [1.29, 1.82) is 0 Å². The van der Waals surface area contributed by atoms with Gasteiger partial charge < -0.3 is 4.42 Å². The van der Waals surface area contributed by atoms with Crippen molar-refractivity contribution in [3.63, 3.8) is 0 Å².